The first-order valence-electron chi connectivity index (χ1n) is 7.67. The maximum Gasteiger partial charge on any atom is 0.253 e. The van der Waals surface area contributed by atoms with E-state index in [1.165, 1.54) is 24.2 Å². The summed E-state index contributed by atoms with van der Waals surface area (Å²) >= 11 is 13.0. The van der Waals surface area contributed by atoms with Crippen LogP contribution in [0.25, 0.3) is 0 Å². The Hall–Kier alpha value is -1.57. The lowest BCUT2D eigenvalue weighted by Crippen LogP contribution is -2.28. The Morgan fingerprint density at radius 2 is 2.00 bits per heavy atom. The van der Waals surface area contributed by atoms with Crippen LogP contribution in [0.1, 0.15) is 23.2 Å². The molecule has 2 N–H and O–H groups in total. The monoisotopic (exact) mass is 385 g/mol. The summed E-state index contributed by atoms with van der Waals surface area (Å²) in [6.45, 7) is 3.08. The minimum absolute atomic E-state index is 0.231. The van der Waals surface area contributed by atoms with E-state index in [1.807, 2.05) is 6.07 Å². The largest absolute Gasteiger partial charge is 0.368 e. The SMILES string of the molecule is O=C(NCCNc1cc(N2CCCC2)ncn1)c1cc(Cl)sc1Cl. The van der Waals surface area contributed by atoms with E-state index < -0.39 is 0 Å². The number of carbonyl (C=O) groups excluding carboxylic acids is 1. The van der Waals surface area contributed by atoms with Crippen molar-refractivity contribution in [2.24, 2.45) is 0 Å². The van der Waals surface area contributed by atoms with Crippen LogP contribution in [0, 0.1) is 0 Å². The Morgan fingerprint density at radius 3 is 2.71 bits per heavy atom. The van der Waals surface area contributed by atoms with Crippen LogP contribution in [-0.2, 0) is 0 Å². The molecule has 1 amide bonds. The van der Waals surface area contributed by atoms with Crippen molar-refractivity contribution < 1.29 is 4.79 Å². The van der Waals surface area contributed by atoms with Gasteiger partial charge in [0.15, 0.2) is 0 Å². The van der Waals surface area contributed by atoms with E-state index >= 15 is 0 Å². The lowest BCUT2D eigenvalue weighted by molar-refractivity contribution is 0.0956. The molecule has 0 bridgehead atoms. The number of nitrogens with zero attached hydrogens (tertiary/aromatic N) is 3. The molecule has 1 saturated heterocycles. The number of nitrogens with one attached hydrogen (secondary N) is 2. The number of thiophene rings is 1. The van der Waals surface area contributed by atoms with Crippen molar-refractivity contribution in [2.75, 3.05) is 36.4 Å². The van der Waals surface area contributed by atoms with Gasteiger partial charge in [0.25, 0.3) is 5.91 Å². The van der Waals surface area contributed by atoms with Gasteiger partial charge in [-0.15, -0.1) is 11.3 Å². The van der Waals surface area contributed by atoms with Gasteiger partial charge in [-0.05, 0) is 18.9 Å². The molecule has 0 atom stereocenters. The second-order valence-corrected chi connectivity index (χ2v) is 7.66. The van der Waals surface area contributed by atoms with E-state index in [-0.39, 0.29) is 5.91 Å². The van der Waals surface area contributed by atoms with Gasteiger partial charge in [0.1, 0.15) is 22.3 Å². The summed E-state index contributed by atoms with van der Waals surface area (Å²) in [6, 6.07) is 3.51. The molecule has 3 rings (SSSR count). The summed E-state index contributed by atoms with van der Waals surface area (Å²) in [7, 11) is 0. The summed E-state index contributed by atoms with van der Waals surface area (Å²) < 4.78 is 0.898. The molecule has 0 aromatic carbocycles. The van der Waals surface area contributed by atoms with Crippen LogP contribution in [0.4, 0.5) is 11.6 Å². The minimum Gasteiger partial charge on any atom is -0.368 e. The minimum atomic E-state index is -0.231. The van der Waals surface area contributed by atoms with Gasteiger partial charge in [-0.1, -0.05) is 23.2 Å². The first kappa shape index (κ1) is 17.3. The fourth-order valence-electron chi connectivity index (χ4n) is 2.52. The number of amides is 1. The predicted molar refractivity (Wildman–Crippen MR) is 98.6 cm³/mol. The number of carbonyl (C=O) groups is 1. The zero-order valence-corrected chi connectivity index (χ0v) is 15.2. The van der Waals surface area contributed by atoms with E-state index in [2.05, 4.69) is 25.5 Å². The van der Waals surface area contributed by atoms with Gasteiger partial charge < -0.3 is 15.5 Å². The van der Waals surface area contributed by atoms with Crippen molar-refractivity contribution in [3.05, 3.63) is 32.7 Å². The summed E-state index contributed by atoms with van der Waals surface area (Å²) in [5.41, 5.74) is 0.407. The highest BCUT2D eigenvalue weighted by Gasteiger charge is 2.15. The molecule has 24 heavy (non-hydrogen) atoms. The van der Waals surface area contributed by atoms with Gasteiger partial charge in [0.05, 0.1) is 9.90 Å². The smallest absolute Gasteiger partial charge is 0.253 e. The van der Waals surface area contributed by atoms with E-state index in [0.29, 0.717) is 27.3 Å². The molecule has 1 aliphatic rings. The van der Waals surface area contributed by atoms with Crippen molar-refractivity contribution in [1.82, 2.24) is 15.3 Å². The third kappa shape index (κ3) is 4.28. The van der Waals surface area contributed by atoms with Crippen molar-refractivity contribution in [2.45, 2.75) is 12.8 Å². The number of anilines is 2. The fraction of sp³-hybridized carbons (Fsp3) is 0.400. The lowest BCUT2D eigenvalue weighted by Gasteiger charge is -2.16. The van der Waals surface area contributed by atoms with Crippen LogP contribution in [0.15, 0.2) is 18.5 Å². The topological polar surface area (TPSA) is 70.2 Å². The van der Waals surface area contributed by atoms with Gasteiger partial charge in [-0.2, -0.15) is 0 Å². The zero-order valence-electron chi connectivity index (χ0n) is 12.9. The normalized spacial score (nSPS) is 14.0. The van der Waals surface area contributed by atoms with Gasteiger partial charge in [-0.3, -0.25) is 4.79 Å². The van der Waals surface area contributed by atoms with E-state index in [9.17, 15) is 4.79 Å². The van der Waals surface area contributed by atoms with Crippen LogP contribution in [0.3, 0.4) is 0 Å². The van der Waals surface area contributed by atoms with Crippen LogP contribution in [0.2, 0.25) is 8.67 Å². The second kappa shape index (κ2) is 8.00. The Labute approximate surface area is 154 Å². The van der Waals surface area contributed by atoms with Crippen LogP contribution in [0.5, 0.6) is 0 Å². The van der Waals surface area contributed by atoms with Crippen molar-refractivity contribution in [3.8, 4) is 0 Å². The summed E-state index contributed by atoms with van der Waals surface area (Å²) in [5.74, 6) is 1.46. The number of hydrogen-bond acceptors (Lipinski definition) is 6. The van der Waals surface area contributed by atoms with E-state index in [0.717, 1.165) is 24.7 Å². The molecular formula is C15H17Cl2N5OS. The molecule has 2 aromatic rings. The van der Waals surface area contributed by atoms with Crippen molar-refractivity contribution in [1.29, 1.82) is 0 Å². The predicted octanol–water partition coefficient (Wildman–Crippen LogP) is 3.29. The molecule has 0 unspecified atom stereocenters. The zero-order chi connectivity index (χ0) is 16.9. The molecule has 2 aromatic heterocycles. The molecule has 1 fully saturated rings. The molecule has 0 spiro atoms. The average Bonchev–Trinajstić information content (AvgIpc) is 3.21. The molecule has 1 aliphatic heterocycles. The number of rotatable bonds is 6. The number of aromatic nitrogens is 2. The van der Waals surface area contributed by atoms with Gasteiger partial charge in [0, 0.05) is 32.2 Å². The molecular weight excluding hydrogens is 369 g/mol. The molecule has 128 valence electrons. The second-order valence-electron chi connectivity index (χ2n) is 5.38. The quantitative estimate of drug-likeness (QED) is 0.746. The van der Waals surface area contributed by atoms with Crippen LogP contribution < -0.4 is 15.5 Å². The lowest BCUT2D eigenvalue weighted by atomic mass is 10.3. The molecule has 9 heteroatoms. The maximum atomic E-state index is 12.0. The average molecular weight is 386 g/mol. The first-order valence-corrected chi connectivity index (χ1v) is 9.24. The van der Waals surface area contributed by atoms with E-state index in [4.69, 9.17) is 23.2 Å². The van der Waals surface area contributed by atoms with E-state index in [1.54, 1.807) is 12.4 Å². The third-order valence-electron chi connectivity index (χ3n) is 3.70. The Balaban J connectivity index is 1.47. The standard InChI is InChI=1S/C15H17Cl2N5OS/c16-11-7-10(14(17)24-11)15(23)19-4-3-18-12-8-13(21-9-20-12)22-5-1-2-6-22/h7-9H,1-6H2,(H,19,23)(H,18,20,21). The number of hydrogen-bond donors (Lipinski definition) is 2. The summed E-state index contributed by atoms with van der Waals surface area (Å²) in [5, 5.41) is 5.99. The highest BCUT2D eigenvalue weighted by atomic mass is 35.5. The summed E-state index contributed by atoms with van der Waals surface area (Å²) in [6.07, 6.45) is 3.96. The molecule has 6 nitrogen and oxygen atoms in total. The van der Waals surface area contributed by atoms with Gasteiger partial charge >= 0.3 is 0 Å². The van der Waals surface area contributed by atoms with Crippen molar-refractivity contribution >= 4 is 52.1 Å². The number of halogens is 2. The highest BCUT2D eigenvalue weighted by Crippen LogP contribution is 2.30. The summed E-state index contributed by atoms with van der Waals surface area (Å²) in [4.78, 5) is 22.8. The molecule has 3 heterocycles. The van der Waals surface area contributed by atoms with Gasteiger partial charge in [0.2, 0.25) is 0 Å². The van der Waals surface area contributed by atoms with Crippen LogP contribution in [-0.4, -0.2) is 42.1 Å². The highest BCUT2D eigenvalue weighted by molar-refractivity contribution is 7.20. The first-order chi connectivity index (χ1) is 11.6. The fourth-order valence-corrected chi connectivity index (χ4v) is 3.98. The molecule has 0 radical (unpaired) electrons. The van der Waals surface area contributed by atoms with Crippen molar-refractivity contribution in [3.63, 3.8) is 0 Å². The Bertz CT molecular complexity index is 718. The maximum absolute atomic E-state index is 12.0. The Morgan fingerprint density at radius 1 is 1.21 bits per heavy atom. The van der Waals surface area contributed by atoms with Crippen LogP contribution >= 0.6 is 34.5 Å². The third-order valence-corrected chi connectivity index (χ3v) is 5.19. The van der Waals surface area contributed by atoms with Gasteiger partial charge in [-0.25, -0.2) is 9.97 Å². The molecule has 0 aliphatic carbocycles. The molecule has 0 saturated carbocycles. The Kier molecular flexibility index (Phi) is 5.76.